The van der Waals surface area contributed by atoms with E-state index in [1.807, 2.05) is 23.4 Å². The van der Waals surface area contributed by atoms with Gasteiger partial charge in [-0.3, -0.25) is 0 Å². The smallest absolute Gasteiger partial charge is 0.317 e. The number of hydrogen-bond acceptors (Lipinski definition) is 4. The molecule has 3 rings (SSSR count). The number of aromatic nitrogens is 3. The molecule has 2 saturated heterocycles. The van der Waals surface area contributed by atoms with Gasteiger partial charge in [0.1, 0.15) is 6.33 Å². The molecule has 0 saturated carbocycles. The van der Waals surface area contributed by atoms with Gasteiger partial charge in [-0.05, 0) is 51.6 Å². The van der Waals surface area contributed by atoms with Gasteiger partial charge in [0.15, 0.2) is 5.82 Å². The summed E-state index contributed by atoms with van der Waals surface area (Å²) < 4.78 is 1.85. The van der Waals surface area contributed by atoms with Crippen molar-refractivity contribution in [3.05, 3.63) is 12.2 Å². The lowest BCUT2D eigenvalue weighted by molar-refractivity contribution is 0.138. The summed E-state index contributed by atoms with van der Waals surface area (Å²) in [6, 6.07) is -0.109. The molecule has 0 aliphatic carbocycles. The number of piperidine rings is 1. The van der Waals surface area contributed by atoms with Crippen LogP contribution in [0.4, 0.5) is 4.79 Å². The van der Waals surface area contributed by atoms with Gasteiger partial charge in [0, 0.05) is 26.7 Å². The monoisotopic (exact) mass is 348 g/mol. The van der Waals surface area contributed by atoms with Crippen molar-refractivity contribution in [2.24, 2.45) is 13.0 Å². The lowest BCUT2D eigenvalue weighted by Crippen LogP contribution is -2.48. The predicted molar refractivity (Wildman–Crippen MR) is 97.2 cm³/mol. The second-order valence-corrected chi connectivity index (χ2v) is 7.64. The maximum Gasteiger partial charge on any atom is 0.317 e. The number of amides is 2. The Balaban J connectivity index is 1.50. The number of nitrogens with one attached hydrogen (secondary N) is 1. The third kappa shape index (κ3) is 4.93. The molecule has 1 aromatic heterocycles. The summed E-state index contributed by atoms with van der Waals surface area (Å²) in [5.74, 6) is 1.38. The minimum absolute atomic E-state index is 0.0241. The quantitative estimate of drug-likeness (QED) is 0.906. The van der Waals surface area contributed by atoms with Gasteiger partial charge >= 0.3 is 6.03 Å². The van der Waals surface area contributed by atoms with Crippen LogP contribution in [0.5, 0.6) is 0 Å². The molecule has 1 aromatic rings. The van der Waals surface area contributed by atoms with E-state index in [0.29, 0.717) is 5.92 Å². The van der Waals surface area contributed by atoms with Gasteiger partial charge in [0.05, 0.1) is 6.04 Å². The largest absolute Gasteiger partial charge is 0.328 e. The second-order valence-electron chi connectivity index (χ2n) is 7.64. The molecule has 0 spiro atoms. The highest BCUT2D eigenvalue weighted by Gasteiger charge is 2.26. The van der Waals surface area contributed by atoms with Crippen LogP contribution in [-0.4, -0.2) is 63.3 Å². The number of aryl methyl sites for hydroxylation is 1. The third-order valence-electron chi connectivity index (χ3n) is 5.49. The van der Waals surface area contributed by atoms with E-state index < -0.39 is 0 Å². The van der Waals surface area contributed by atoms with E-state index in [2.05, 4.69) is 20.4 Å². The highest BCUT2D eigenvalue weighted by atomic mass is 16.2. The molecule has 140 valence electrons. The molecule has 0 aromatic carbocycles. The number of nitrogens with zero attached hydrogens (tertiary/aromatic N) is 5. The van der Waals surface area contributed by atoms with E-state index in [4.69, 9.17) is 0 Å². The Morgan fingerprint density at radius 3 is 2.68 bits per heavy atom. The maximum atomic E-state index is 12.7. The van der Waals surface area contributed by atoms with Crippen molar-refractivity contribution in [2.45, 2.75) is 51.5 Å². The van der Waals surface area contributed by atoms with Crippen LogP contribution >= 0.6 is 0 Å². The van der Waals surface area contributed by atoms with Gasteiger partial charge in [-0.25, -0.2) is 4.79 Å². The van der Waals surface area contributed by atoms with Crippen molar-refractivity contribution < 1.29 is 4.79 Å². The SMILES string of the molecule is C[C@H](NC(=O)N1CCC[C@H](CN2CCCCCC2)C1)c1nncn1C. The van der Waals surface area contributed by atoms with Crippen molar-refractivity contribution in [1.82, 2.24) is 29.9 Å². The first-order chi connectivity index (χ1) is 12.1. The van der Waals surface area contributed by atoms with Crippen LogP contribution in [0.2, 0.25) is 0 Å². The predicted octanol–water partition coefficient (Wildman–Crippen LogP) is 2.17. The van der Waals surface area contributed by atoms with Crippen molar-refractivity contribution in [3.8, 4) is 0 Å². The average Bonchev–Trinajstić information content (AvgIpc) is 2.87. The van der Waals surface area contributed by atoms with E-state index in [1.165, 1.54) is 45.2 Å². The van der Waals surface area contributed by atoms with Gasteiger partial charge in [0.2, 0.25) is 0 Å². The van der Waals surface area contributed by atoms with Crippen LogP contribution in [0.25, 0.3) is 0 Å². The molecule has 3 heterocycles. The van der Waals surface area contributed by atoms with Crippen molar-refractivity contribution in [1.29, 1.82) is 0 Å². The Morgan fingerprint density at radius 1 is 1.24 bits per heavy atom. The molecule has 0 bridgehead atoms. The molecule has 0 radical (unpaired) electrons. The first kappa shape index (κ1) is 18.2. The Labute approximate surface area is 150 Å². The fraction of sp³-hybridized carbons (Fsp3) is 0.833. The summed E-state index contributed by atoms with van der Waals surface area (Å²) in [4.78, 5) is 17.2. The summed E-state index contributed by atoms with van der Waals surface area (Å²) in [5.41, 5.74) is 0. The zero-order valence-corrected chi connectivity index (χ0v) is 15.7. The first-order valence-corrected chi connectivity index (χ1v) is 9.75. The summed E-state index contributed by atoms with van der Waals surface area (Å²) in [5, 5.41) is 11.1. The lowest BCUT2D eigenvalue weighted by Gasteiger charge is -2.36. The highest BCUT2D eigenvalue weighted by molar-refractivity contribution is 5.74. The summed E-state index contributed by atoms with van der Waals surface area (Å²) in [6.45, 7) is 7.28. The van der Waals surface area contributed by atoms with E-state index in [1.54, 1.807) is 6.33 Å². The number of urea groups is 1. The molecule has 25 heavy (non-hydrogen) atoms. The second kappa shape index (κ2) is 8.65. The van der Waals surface area contributed by atoms with Gasteiger partial charge in [-0.15, -0.1) is 10.2 Å². The normalized spacial score (nSPS) is 23.9. The van der Waals surface area contributed by atoms with E-state index in [9.17, 15) is 4.79 Å². The number of carbonyl (C=O) groups excluding carboxylic acids is 1. The van der Waals surface area contributed by atoms with Crippen molar-refractivity contribution in [2.75, 3.05) is 32.7 Å². The number of likely N-dealkylation sites (tertiary alicyclic amines) is 2. The lowest BCUT2D eigenvalue weighted by atomic mass is 9.97. The summed E-state index contributed by atoms with van der Waals surface area (Å²) in [7, 11) is 1.90. The van der Waals surface area contributed by atoms with Crippen LogP contribution in [0.15, 0.2) is 6.33 Å². The van der Waals surface area contributed by atoms with E-state index >= 15 is 0 Å². The molecule has 2 fully saturated rings. The van der Waals surface area contributed by atoms with Crippen LogP contribution in [-0.2, 0) is 7.05 Å². The topological polar surface area (TPSA) is 66.3 Å². The number of carbonyl (C=O) groups is 1. The Bertz CT molecular complexity index is 552. The molecule has 2 atom stereocenters. The summed E-state index contributed by atoms with van der Waals surface area (Å²) >= 11 is 0. The molecule has 2 aliphatic heterocycles. The van der Waals surface area contributed by atoms with Crippen molar-refractivity contribution in [3.63, 3.8) is 0 Å². The molecule has 7 nitrogen and oxygen atoms in total. The zero-order chi connectivity index (χ0) is 17.6. The molecular formula is C18H32N6O. The van der Waals surface area contributed by atoms with Gasteiger partial charge in [0.25, 0.3) is 0 Å². The van der Waals surface area contributed by atoms with Crippen LogP contribution < -0.4 is 5.32 Å². The Kier molecular flexibility index (Phi) is 6.29. The Morgan fingerprint density at radius 2 is 2.00 bits per heavy atom. The third-order valence-corrected chi connectivity index (χ3v) is 5.49. The van der Waals surface area contributed by atoms with Crippen molar-refractivity contribution >= 4 is 6.03 Å². The summed E-state index contributed by atoms with van der Waals surface area (Å²) in [6.07, 6.45) is 9.39. The molecule has 7 heteroatoms. The van der Waals surface area contributed by atoms with Crippen LogP contribution in [0, 0.1) is 5.92 Å². The minimum Gasteiger partial charge on any atom is -0.328 e. The van der Waals surface area contributed by atoms with E-state index in [0.717, 1.165) is 31.9 Å². The first-order valence-electron chi connectivity index (χ1n) is 9.75. The van der Waals surface area contributed by atoms with E-state index in [-0.39, 0.29) is 12.1 Å². The molecule has 2 aliphatic rings. The van der Waals surface area contributed by atoms with Gasteiger partial charge in [-0.2, -0.15) is 0 Å². The van der Waals surface area contributed by atoms with Gasteiger partial charge in [-0.1, -0.05) is 12.8 Å². The van der Waals surface area contributed by atoms with Crippen LogP contribution in [0.1, 0.15) is 57.3 Å². The van der Waals surface area contributed by atoms with Gasteiger partial charge < -0.3 is 19.7 Å². The molecular weight excluding hydrogens is 316 g/mol. The Hall–Kier alpha value is -1.63. The fourth-order valence-electron chi connectivity index (χ4n) is 4.11. The molecule has 2 amide bonds. The van der Waals surface area contributed by atoms with Crippen LogP contribution in [0.3, 0.4) is 0 Å². The zero-order valence-electron chi connectivity index (χ0n) is 15.7. The fourth-order valence-corrected chi connectivity index (χ4v) is 4.11. The average molecular weight is 348 g/mol. The highest BCUT2D eigenvalue weighted by Crippen LogP contribution is 2.20. The maximum absolute atomic E-state index is 12.7. The standard InChI is InChI=1S/C18H32N6O/c1-15(17-21-19-14-22(17)2)20-18(25)24-11-7-8-16(13-24)12-23-9-5-3-4-6-10-23/h14-16H,3-13H2,1-2H3,(H,20,25)/t15-,16+/m0/s1. The number of hydrogen-bond donors (Lipinski definition) is 1. The number of rotatable bonds is 4. The molecule has 1 N–H and O–H groups in total. The molecule has 0 unspecified atom stereocenters. The minimum atomic E-state index is -0.133.